The number of nitrogens with one attached hydrogen (secondary N) is 2. The van der Waals surface area contributed by atoms with Gasteiger partial charge in [-0.2, -0.15) is 0 Å². The van der Waals surface area contributed by atoms with E-state index in [1.54, 1.807) is 6.07 Å². The molecule has 1 amide bonds. The summed E-state index contributed by atoms with van der Waals surface area (Å²) >= 11 is 5.60. The summed E-state index contributed by atoms with van der Waals surface area (Å²) in [5.74, 6) is 1.39. The third kappa shape index (κ3) is 4.29. The van der Waals surface area contributed by atoms with Crippen molar-refractivity contribution in [3.8, 4) is 11.5 Å². The van der Waals surface area contributed by atoms with Crippen molar-refractivity contribution >= 4 is 34.6 Å². The average molecular weight is 412 g/mol. The molecule has 0 aromatic heterocycles. The van der Waals surface area contributed by atoms with Gasteiger partial charge in [-0.3, -0.25) is 4.79 Å². The first-order valence-corrected chi connectivity index (χ1v) is 10.2. The number of hydrogen-bond acceptors (Lipinski definition) is 4. The molecule has 4 rings (SSSR count). The minimum Gasteiger partial charge on any atom is -0.454 e. The number of likely N-dealkylation sites (tertiary alicyclic amines) is 1. The van der Waals surface area contributed by atoms with Gasteiger partial charge in [-0.05, 0) is 68.2 Å². The molecule has 1 fully saturated rings. The van der Waals surface area contributed by atoms with Crippen LogP contribution in [0.15, 0.2) is 36.4 Å². The number of fused-ring (bicyclic) bond motifs is 1. The van der Waals surface area contributed by atoms with Gasteiger partial charge in [-0.15, -0.1) is 0 Å². The molecule has 152 valence electrons. The lowest BCUT2D eigenvalue weighted by molar-refractivity contribution is -0.120. The van der Waals surface area contributed by atoms with Crippen LogP contribution in [0.1, 0.15) is 24.0 Å². The Morgan fingerprint density at radius 3 is 2.62 bits per heavy atom. The quantitative estimate of drug-likeness (QED) is 0.742. The molecule has 0 radical (unpaired) electrons. The second-order valence-corrected chi connectivity index (χ2v) is 7.88. The summed E-state index contributed by atoms with van der Waals surface area (Å²) in [4.78, 5) is 14.8. The molecule has 2 N–H and O–H groups in total. The van der Waals surface area contributed by atoms with E-state index in [0.29, 0.717) is 16.6 Å². The molecule has 7 heteroatoms. The fraction of sp³-hybridized carbons (Fsp3) is 0.364. The fourth-order valence-electron chi connectivity index (χ4n) is 3.64. The van der Waals surface area contributed by atoms with E-state index in [1.807, 2.05) is 24.3 Å². The molecule has 0 unspecified atom stereocenters. The number of carbonyl (C=O) groups excluding carboxylic acids is 1. The van der Waals surface area contributed by atoms with Crippen molar-refractivity contribution in [1.82, 2.24) is 4.90 Å². The summed E-state index contributed by atoms with van der Waals surface area (Å²) in [6.07, 6.45) is 1.54. The van der Waals surface area contributed by atoms with Gasteiger partial charge in [0.2, 0.25) is 12.7 Å². The Morgan fingerprint density at radius 2 is 1.83 bits per heavy atom. The van der Waals surface area contributed by atoms with Crippen LogP contribution in [0.2, 0.25) is 0 Å². The summed E-state index contributed by atoms with van der Waals surface area (Å²) in [5.41, 5.74) is 4.20. The molecule has 2 aromatic rings. The van der Waals surface area contributed by atoms with E-state index in [4.69, 9.17) is 21.7 Å². The van der Waals surface area contributed by atoms with Crippen molar-refractivity contribution in [2.45, 2.75) is 26.7 Å². The van der Waals surface area contributed by atoms with E-state index >= 15 is 0 Å². The summed E-state index contributed by atoms with van der Waals surface area (Å²) in [7, 11) is 0. The number of hydrogen-bond donors (Lipinski definition) is 2. The number of thiocarbonyl (C=S) groups is 1. The zero-order chi connectivity index (χ0) is 20.4. The summed E-state index contributed by atoms with van der Waals surface area (Å²) in [6.45, 7) is 5.92. The standard InChI is InChI=1S/C22H25N3O3S/c1-14-4-3-5-18(15(14)2)24-22(29)25-10-8-16(9-11-25)21(26)23-17-6-7-19-20(12-17)28-13-27-19/h3-7,12,16H,8-11,13H2,1-2H3,(H,23,26)(H,24,29). The molecule has 0 aliphatic carbocycles. The number of benzene rings is 2. The first kappa shape index (κ1) is 19.5. The number of piperidine rings is 1. The first-order valence-electron chi connectivity index (χ1n) is 9.84. The second kappa shape index (κ2) is 8.29. The van der Waals surface area contributed by atoms with Gasteiger partial charge in [0.15, 0.2) is 16.6 Å². The van der Waals surface area contributed by atoms with Crippen LogP contribution in [0.3, 0.4) is 0 Å². The Balaban J connectivity index is 1.30. The molecule has 0 atom stereocenters. The van der Waals surface area contributed by atoms with Gasteiger partial charge in [0, 0.05) is 36.4 Å². The van der Waals surface area contributed by atoms with Gasteiger partial charge in [0.1, 0.15) is 0 Å². The Morgan fingerprint density at radius 1 is 1.07 bits per heavy atom. The molecule has 2 aliphatic heterocycles. The maximum absolute atomic E-state index is 12.7. The molecular weight excluding hydrogens is 386 g/mol. The molecule has 2 aliphatic rings. The molecule has 6 nitrogen and oxygen atoms in total. The van der Waals surface area contributed by atoms with Gasteiger partial charge < -0.3 is 25.0 Å². The van der Waals surface area contributed by atoms with Crippen LogP contribution >= 0.6 is 12.2 Å². The van der Waals surface area contributed by atoms with Gasteiger partial charge in [0.25, 0.3) is 0 Å². The number of anilines is 2. The van der Waals surface area contributed by atoms with Crippen LogP contribution in [0.25, 0.3) is 0 Å². The molecule has 0 spiro atoms. The minimum absolute atomic E-state index is 0.0276. The SMILES string of the molecule is Cc1cccc(NC(=S)N2CCC(C(=O)Nc3ccc4c(c3)OCO4)CC2)c1C. The highest BCUT2D eigenvalue weighted by molar-refractivity contribution is 7.80. The molecule has 29 heavy (non-hydrogen) atoms. The molecule has 2 heterocycles. The average Bonchev–Trinajstić information content (AvgIpc) is 3.19. The highest BCUT2D eigenvalue weighted by atomic mass is 32.1. The lowest BCUT2D eigenvalue weighted by Crippen LogP contribution is -2.43. The third-order valence-corrected chi connectivity index (χ3v) is 6.00. The van der Waals surface area contributed by atoms with E-state index in [9.17, 15) is 4.79 Å². The van der Waals surface area contributed by atoms with E-state index < -0.39 is 0 Å². The topological polar surface area (TPSA) is 62.8 Å². The van der Waals surface area contributed by atoms with Crippen molar-refractivity contribution in [2.24, 2.45) is 5.92 Å². The van der Waals surface area contributed by atoms with Crippen molar-refractivity contribution in [3.05, 3.63) is 47.5 Å². The third-order valence-electron chi connectivity index (χ3n) is 5.64. The summed E-state index contributed by atoms with van der Waals surface area (Å²) in [5, 5.41) is 7.07. The molecule has 2 aromatic carbocycles. The molecular formula is C22H25N3O3S. The number of nitrogens with zero attached hydrogens (tertiary/aromatic N) is 1. The van der Waals surface area contributed by atoms with Crippen LogP contribution in [-0.2, 0) is 4.79 Å². The Bertz CT molecular complexity index is 939. The molecule has 0 saturated carbocycles. The normalized spacial score (nSPS) is 15.9. The van der Waals surface area contributed by atoms with E-state index in [2.05, 4.69) is 35.4 Å². The minimum atomic E-state index is -0.0276. The zero-order valence-electron chi connectivity index (χ0n) is 16.7. The predicted molar refractivity (Wildman–Crippen MR) is 118 cm³/mol. The lowest BCUT2D eigenvalue weighted by Gasteiger charge is -2.33. The van der Waals surface area contributed by atoms with Crippen LogP contribution in [-0.4, -0.2) is 35.8 Å². The highest BCUT2D eigenvalue weighted by Crippen LogP contribution is 2.34. The van der Waals surface area contributed by atoms with Crippen molar-refractivity contribution in [3.63, 3.8) is 0 Å². The zero-order valence-corrected chi connectivity index (χ0v) is 17.5. The molecule has 1 saturated heterocycles. The van der Waals surface area contributed by atoms with Crippen LogP contribution in [0, 0.1) is 19.8 Å². The van der Waals surface area contributed by atoms with Crippen molar-refractivity contribution in [2.75, 3.05) is 30.5 Å². The monoisotopic (exact) mass is 411 g/mol. The van der Waals surface area contributed by atoms with Crippen LogP contribution < -0.4 is 20.1 Å². The van der Waals surface area contributed by atoms with Gasteiger partial charge in [0.05, 0.1) is 0 Å². The Kier molecular flexibility index (Phi) is 5.58. The Labute approximate surface area is 176 Å². The Hall–Kier alpha value is -2.80. The maximum atomic E-state index is 12.7. The number of aryl methyl sites for hydroxylation is 1. The van der Waals surface area contributed by atoms with Gasteiger partial charge in [-0.25, -0.2) is 0 Å². The van der Waals surface area contributed by atoms with Gasteiger partial charge in [-0.1, -0.05) is 12.1 Å². The largest absolute Gasteiger partial charge is 0.454 e. The van der Waals surface area contributed by atoms with E-state index in [1.165, 1.54) is 11.1 Å². The fourth-order valence-corrected chi connectivity index (χ4v) is 3.94. The number of ether oxygens (including phenoxy) is 2. The number of amides is 1. The van der Waals surface area contributed by atoms with E-state index in [0.717, 1.165) is 37.3 Å². The predicted octanol–water partition coefficient (Wildman–Crippen LogP) is 4.08. The number of rotatable bonds is 3. The van der Waals surface area contributed by atoms with E-state index in [-0.39, 0.29) is 18.6 Å². The first-order chi connectivity index (χ1) is 14.0. The summed E-state index contributed by atoms with van der Waals surface area (Å²) in [6, 6.07) is 11.6. The highest BCUT2D eigenvalue weighted by Gasteiger charge is 2.26. The maximum Gasteiger partial charge on any atom is 0.231 e. The van der Waals surface area contributed by atoms with Crippen molar-refractivity contribution in [1.29, 1.82) is 0 Å². The molecule has 0 bridgehead atoms. The lowest BCUT2D eigenvalue weighted by atomic mass is 9.96. The van der Waals surface area contributed by atoms with Crippen molar-refractivity contribution < 1.29 is 14.3 Å². The van der Waals surface area contributed by atoms with Crippen LogP contribution in [0.4, 0.5) is 11.4 Å². The van der Waals surface area contributed by atoms with Gasteiger partial charge >= 0.3 is 0 Å². The smallest absolute Gasteiger partial charge is 0.231 e. The van der Waals surface area contributed by atoms with Crippen LogP contribution in [0.5, 0.6) is 11.5 Å². The summed E-state index contributed by atoms with van der Waals surface area (Å²) < 4.78 is 10.7. The second-order valence-electron chi connectivity index (χ2n) is 7.50. The number of carbonyl (C=O) groups is 1.